The first-order valence-electron chi connectivity index (χ1n) is 5.24. The number of ether oxygens (including phenoxy) is 1. The van der Waals surface area contributed by atoms with Gasteiger partial charge >= 0.3 is 0 Å². The maximum absolute atomic E-state index is 11.5. The van der Waals surface area contributed by atoms with Crippen LogP contribution in [0.1, 0.15) is 26.7 Å². The molecule has 2 atom stereocenters. The molecule has 88 valence electrons. The van der Waals surface area contributed by atoms with E-state index < -0.39 is 15.4 Å². The zero-order valence-electron chi connectivity index (χ0n) is 9.23. The largest absolute Gasteiger partial charge is 0.368 e. The van der Waals surface area contributed by atoms with E-state index in [-0.39, 0.29) is 17.4 Å². The minimum Gasteiger partial charge on any atom is -0.368 e. The predicted molar refractivity (Wildman–Crippen MR) is 57.5 cm³/mol. The highest BCUT2D eigenvalue weighted by molar-refractivity contribution is 7.91. The first-order chi connectivity index (χ1) is 6.93. The molecular formula is C10H18O4S. The molecule has 15 heavy (non-hydrogen) atoms. The zero-order chi connectivity index (χ0) is 11.5. The number of carbonyl (C=O) groups excluding carboxylic acids is 1. The van der Waals surface area contributed by atoms with E-state index in [1.807, 2.05) is 0 Å². The van der Waals surface area contributed by atoms with Gasteiger partial charge in [0.1, 0.15) is 5.60 Å². The lowest BCUT2D eigenvalue weighted by molar-refractivity contribution is -0.135. The van der Waals surface area contributed by atoms with Gasteiger partial charge in [0, 0.05) is 12.5 Å². The van der Waals surface area contributed by atoms with Crippen molar-refractivity contribution in [1.29, 1.82) is 0 Å². The van der Waals surface area contributed by atoms with Crippen LogP contribution in [-0.4, -0.2) is 38.4 Å². The van der Waals surface area contributed by atoms with Gasteiger partial charge in [-0.3, -0.25) is 0 Å². The number of hydrogen-bond donors (Lipinski definition) is 0. The highest BCUT2D eigenvalue weighted by Crippen LogP contribution is 2.29. The van der Waals surface area contributed by atoms with Crippen LogP contribution in [0.15, 0.2) is 0 Å². The quantitative estimate of drug-likeness (QED) is 0.675. The molecule has 0 aromatic rings. The van der Waals surface area contributed by atoms with Gasteiger partial charge < -0.3 is 9.53 Å². The molecule has 2 unspecified atom stereocenters. The highest BCUT2D eigenvalue weighted by Gasteiger charge is 2.39. The van der Waals surface area contributed by atoms with Gasteiger partial charge in [0.2, 0.25) is 0 Å². The Hall–Kier alpha value is -0.420. The summed E-state index contributed by atoms with van der Waals surface area (Å²) in [5.74, 6) is 0.112. The van der Waals surface area contributed by atoms with Crippen LogP contribution in [0.25, 0.3) is 0 Å². The molecule has 0 aromatic heterocycles. The number of carbonyl (C=O) groups is 1. The van der Waals surface area contributed by atoms with Crippen molar-refractivity contribution in [2.75, 3.05) is 18.1 Å². The molecule has 4 nitrogen and oxygen atoms in total. The summed E-state index contributed by atoms with van der Waals surface area (Å²) < 4.78 is 28.3. The Kier molecular flexibility index (Phi) is 3.89. The number of rotatable bonds is 4. The first-order valence-corrected chi connectivity index (χ1v) is 7.06. The van der Waals surface area contributed by atoms with Gasteiger partial charge in [-0.15, -0.1) is 0 Å². The van der Waals surface area contributed by atoms with Gasteiger partial charge in [0.25, 0.3) is 0 Å². The van der Waals surface area contributed by atoms with Crippen LogP contribution >= 0.6 is 0 Å². The molecule has 1 heterocycles. The van der Waals surface area contributed by atoms with Gasteiger partial charge in [-0.2, -0.15) is 0 Å². The van der Waals surface area contributed by atoms with E-state index in [1.54, 1.807) is 13.8 Å². The van der Waals surface area contributed by atoms with Gasteiger partial charge in [0.15, 0.2) is 16.1 Å². The smallest absolute Gasteiger partial charge is 0.151 e. The standard InChI is InChI=1S/C10H18O4S/c1-3-14-10(2,8-11)9-5-4-6-15(12,13)7-9/h8-9H,3-7H2,1-2H3. The maximum Gasteiger partial charge on any atom is 0.151 e. The zero-order valence-corrected chi connectivity index (χ0v) is 10.0. The van der Waals surface area contributed by atoms with Crippen LogP contribution in [-0.2, 0) is 19.4 Å². The van der Waals surface area contributed by atoms with Gasteiger partial charge in [-0.25, -0.2) is 8.42 Å². The minimum atomic E-state index is -2.98. The second kappa shape index (κ2) is 4.61. The molecule has 0 bridgehead atoms. The van der Waals surface area contributed by atoms with E-state index in [4.69, 9.17) is 4.74 Å². The Morgan fingerprint density at radius 1 is 1.53 bits per heavy atom. The fourth-order valence-corrected chi connectivity index (χ4v) is 3.92. The molecule has 5 heteroatoms. The van der Waals surface area contributed by atoms with E-state index in [1.165, 1.54) is 0 Å². The molecule has 1 aliphatic rings. The third-order valence-corrected chi connectivity index (χ3v) is 4.78. The van der Waals surface area contributed by atoms with Crippen LogP contribution in [0, 0.1) is 5.92 Å². The molecule has 1 rings (SSSR count). The fourth-order valence-electron chi connectivity index (χ4n) is 2.03. The van der Waals surface area contributed by atoms with Crippen LogP contribution in [0.3, 0.4) is 0 Å². The molecule has 0 N–H and O–H groups in total. The predicted octanol–water partition coefficient (Wildman–Crippen LogP) is 0.805. The summed E-state index contributed by atoms with van der Waals surface area (Å²) in [5, 5.41) is 0. The first kappa shape index (κ1) is 12.6. The molecule has 0 saturated carbocycles. The minimum absolute atomic E-state index is 0.0717. The van der Waals surface area contributed by atoms with Crippen LogP contribution < -0.4 is 0 Å². The summed E-state index contributed by atoms with van der Waals surface area (Å²) in [6, 6.07) is 0. The molecule has 0 spiro atoms. The molecule has 0 radical (unpaired) electrons. The van der Waals surface area contributed by atoms with Gasteiger partial charge in [0.05, 0.1) is 11.5 Å². The van der Waals surface area contributed by atoms with Crippen LogP contribution in [0.2, 0.25) is 0 Å². The summed E-state index contributed by atoms with van der Waals surface area (Å²) >= 11 is 0. The lowest BCUT2D eigenvalue weighted by Crippen LogP contribution is -2.45. The lowest BCUT2D eigenvalue weighted by Gasteiger charge is -2.34. The second-order valence-electron chi connectivity index (χ2n) is 4.19. The molecule has 0 amide bonds. The van der Waals surface area contributed by atoms with Crippen molar-refractivity contribution in [3.8, 4) is 0 Å². The van der Waals surface area contributed by atoms with Crippen molar-refractivity contribution >= 4 is 16.1 Å². The SMILES string of the molecule is CCOC(C)(C=O)C1CCCS(=O)(=O)C1. The normalized spacial score (nSPS) is 29.3. The highest BCUT2D eigenvalue weighted by atomic mass is 32.2. The summed E-state index contributed by atoms with van der Waals surface area (Å²) in [6.45, 7) is 3.90. The summed E-state index contributed by atoms with van der Waals surface area (Å²) in [7, 11) is -2.98. The van der Waals surface area contributed by atoms with E-state index in [0.717, 1.165) is 12.7 Å². The average Bonchev–Trinajstić information content (AvgIpc) is 2.16. The van der Waals surface area contributed by atoms with Crippen molar-refractivity contribution in [2.45, 2.75) is 32.3 Å². The van der Waals surface area contributed by atoms with Crippen molar-refractivity contribution in [1.82, 2.24) is 0 Å². The number of sulfone groups is 1. The number of aldehydes is 1. The second-order valence-corrected chi connectivity index (χ2v) is 6.42. The van der Waals surface area contributed by atoms with Crippen LogP contribution in [0.5, 0.6) is 0 Å². The molecule has 0 aromatic carbocycles. The van der Waals surface area contributed by atoms with E-state index >= 15 is 0 Å². The summed E-state index contributed by atoms with van der Waals surface area (Å²) in [6.07, 6.45) is 2.11. The molecule has 1 fully saturated rings. The maximum atomic E-state index is 11.5. The van der Waals surface area contributed by atoms with E-state index in [9.17, 15) is 13.2 Å². The Morgan fingerprint density at radius 3 is 2.67 bits per heavy atom. The third-order valence-electron chi connectivity index (χ3n) is 2.96. The van der Waals surface area contributed by atoms with E-state index in [2.05, 4.69) is 0 Å². The fraction of sp³-hybridized carbons (Fsp3) is 0.900. The lowest BCUT2D eigenvalue weighted by atomic mass is 9.88. The Bertz CT molecular complexity index is 322. The molecule has 0 aliphatic carbocycles. The van der Waals surface area contributed by atoms with Gasteiger partial charge in [-0.1, -0.05) is 0 Å². The Morgan fingerprint density at radius 2 is 2.20 bits per heavy atom. The van der Waals surface area contributed by atoms with Crippen molar-refractivity contribution < 1.29 is 17.9 Å². The number of hydrogen-bond acceptors (Lipinski definition) is 4. The molecule has 1 saturated heterocycles. The molecule has 1 aliphatic heterocycles. The monoisotopic (exact) mass is 234 g/mol. The molecular weight excluding hydrogens is 216 g/mol. The third kappa shape index (κ3) is 3.01. The topological polar surface area (TPSA) is 60.4 Å². The van der Waals surface area contributed by atoms with Gasteiger partial charge in [-0.05, 0) is 26.7 Å². The summed E-state index contributed by atoms with van der Waals surface area (Å²) in [5.41, 5.74) is -0.942. The summed E-state index contributed by atoms with van der Waals surface area (Å²) in [4.78, 5) is 11.0. The van der Waals surface area contributed by atoms with Crippen LogP contribution in [0.4, 0.5) is 0 Å². The Labute approximate surface area is 90.9 Å². The van der Waals surface area contributed by atoms with Crippen molar-refractivity contribution in [3.63, 3.8) is 0 Å². The Balaban J connectivity index is 2.81. The van der Waals surface area contributed by atoms with Crippen molar-refractivity contribution in [3.05, 3.63) is 0 Å². The average molecular weight is 234 g/mol. The van der Waals surface area contributed by atoms with Crippen molar-refractivity contribution in [2.24, 2.45) is 5.92 Å². The van der Waals surface area contributed by atoms with E-state index in [0.29, 0.717) is 13.0 Å².